The van der Waals surface area contributed by atoms with Crippen molar-refractivity contribution in [1.82, 2.24) is 0 Å². The third-order valence-corrected chi connectivity index (χ3v) is 14.2. The van der Waals surface area contributed by atoms with Gasteiger partial charge in [-0.2, -0.15) is 0 Å². The summed E-state index contributed by atoms with van der Waals surface area (Å²) in [6, 6.07) is 33.4. The van der Waals surface area contributed by atoms with E-state index in [0.717, 1.165) is 0 Å². The average Bonchev–Trinajstić information content (AvgIpc) is 3.72. The SMILES string of the molecule is c1cc2cc3cc4sc5c(ccc6c5ccc5c7cc8cc9[se]ccc9cc8cc7sc56)c4cc3cc2[se]1. The molecule has 0 bridgehead atoms. The van der Waals surface area contributed by atoms with E-state index in [0.29, 0.717) is 29.0 Å². The first-order valence-electron chi connectivity index (χ1n) is 12.6. The van der Waals surface area contributed by atoms with E-state index >= 15 is 0 Å². The van der Waals surface area contributed by atoms with Crippen molar-refractivity contribution in [3.8, 4) is 0 Å². The molecule has 0 aliphatic heterocycles. The average molecular weight is 647 g/mol. The molecule has 0 fully saturated rings. The fourth-order valence-electron chi connectivity index (χ4n) is 6.28. The predicted molar refractivity (Wildman–Crippen MR) is 174 cm³/mol. The molecule has 0 nitrogen and oxygen atoms in total. The fourth-order valence-corrected chi connectivity index (χ4v) is 12.2. The van der Waals surface area contributed by atoms with Gasteiger partial charge in [0.25, 0.3) is 0 Å². The van der Waals surface area contributed by atoms with Crippen LogP contribution in [0.3, 0.4) is 0 Å². The van der Waals surface area contributed by atoms with Gasteiger partial charge in [-0.05, 0) is 0 Å². The van der Waals surface area contributed by atoms with Crippen LogP contribution in [0, 0.1) is 0 Å². The van der Waals surface area contributed by atoms with Crippen molar-refractivity contribution in [2.75, 3.05) is 0 Å². The summed E-state index contributed by atoms with van der Waals surface area (Å²) in [5.74, 6) is 0. The topological polar surface area (TPSA) is 0 Å². The van der Waals surface area contributed by atoms with Crippen molar-refractivity contribution in [3.05, 3.63) is 94.8 Å². The molecule has 0 N–H and O–H groups in total. The van der Waals surface area contributed by atoms with Crippen molar-refractivity contribution in [1.29, 1.82) is 0 Å². The van der Waals surface area contributed by atoms with Gasteiger partial charge >= 0.3 is 238 Å². The van der Waals surface area contributed by atoms with Gasteiger partial charge in [0.05, 0.1) is 0 Å². The number of rotatable bonds is 0. The number of benzene rings is 6. The first kappa shape index (κ1) is 21.0. The molecule has 0 saturated carbocycles. The van der Waals surface area contributed by atoms with Gasteiger partial charge in [0.15, 0.2) is 0 Å². The van der Waals surface area contributed by atoms with Gasteiger partial charge in [0, 0.05) is 0 Å². The Morgan fingerprint density at radius 1 is 0.368 bits per heavy atom. The molecule has 4 aromatic heterocycles. The Labute approximate surface area is 236 Å². The molecule has 0 atom stereocenters. The Morgan fingerprint density at radius 3 is 1.26 bits per heavy atom. The molecule has 0 saturated heterocycles. The van der Waals surface area contributed by atoms with E-state index in [1.54, 1.807) is 0 Å². The van der Waals surface area contributed by atoms with Crippen LogP contribution in [0.1, 0.15) is 0 Å². The number of hydrogen-bond donors (Lipinski definition) is 0. The summed E-state index contributed by atoms with van der Waals surface area (Å²) in [5.41, 5.74) is 0. The third-order valence-electron chi connectivity index (χ3n) is 8.13. The van der Waals surface area contributed by atoms with Crippen LogP contribution < -0.4 is 0 Å². The van der Waals surface area contributed by atoms with Crippen molar-refractivity contribution < 1.29 is 0 Å². The molecule has 0 aliphatic rings. The van der Waals surface area contributed by atoms with Gasteiger partial charge in [-0.25, -0.2) is 0 Å². The Bertz CT molecular complexity index is 2440. The summed E-state index contributed by atoms with van der Waals surface area (Å²) < 4.78 is 8.63. The van der Waals surface area contributed by atoms with Crippen LogP contribution in [0.2, 0.25) is 0 Å². The predicted octanol–water partition coefficient (Wildman–Crippen LogP) is 10.3. The molecule has 0 unspecified atom stereocenters. The molecular formula is C34H16S2Se2. The summed E-state index contributed by atoms with van der Waals surface area (Å²) in [7, 11) is 0. The Balaban J connectivity index is 1.27. The van der Waals surface area contributed by atoms with Crippen LogP contribution in [0.25, 0.3) is 92.0 Å². The third kappa shape index (κ3) is 2.75. The van der Waals surface area contributed by atoms with Gasteiger partial charge < -0.3 is 0 Å². The van der Waals surface area contributed by atoms with E-state index in [9.17, 15) is 0 Å². The minimum atomic E-state index is 0.477. The summed E-state index contributed by atoms with van der Waals surface area (Å²) in [4.78, 5) is 4.67. The summed E-state index contributed by atoms with van der Waals surface area (Å²) in [6.07, 6.45) is 0. The Kier molecular flexibility index (Phi) is 4.06. The standard InChI is InChI=1S/C34H16S2Se2/c1-3-25-27-11-21-15-31-17(5-7-37-31)9-19(21)13-29(27)36-34(25)24-2-4-26-28-12-22-16-32-18(6-8-38-32)10-20(22)14-30(28)35-33(26)23(1)24/h1-16H. The van der Waals surface area contributed by atoms with Gasteiger partial charge in [-0.1, -0.05) is 0 Å². The van der Waals surface area contributed by atoms with Gasteiger partial charge in [-0.15, -0.1) is 0 Å². The second-order valence-electron chi connectivity index (χ2n) is 10.2. The van der Waals surface area contributed by atoms with Gasteiger partial charge in [0.1, 0.15) is 0 Å². The Hall–Kier alpha value is -2.94. The van der Waals surface area contributed by atoms with Gasteiger partial charge in [0.2, 0.25) is 0 Å². The van der Waals surface area contributed by atoms with Crippen LogP contribution >= 0.6 is 22.7 Å². The maximum absolute atomic E-state index is 2.43. The number of fused-ring (bicyclic) bond motifs is 13. The molecule has 6 aromatic carbocycles. The maximum atomic E-state index is 2.43. The fraction of sp³-hybridized carbons (Fsp3) is 0. The van der Waals surface area contributed by atoms with Crippen molar-refractivity contribution in [2.24, 2.45) is 0 Å². The van der Waals surface area contributed by atoms with Crippen LogP contribution in [0.4, 0.5) is 0 Å². The van der Waals surface area contributed by atoms with E-state index in [1.807, 2.05) is 22.7 Å². The normalized spacial score (nSPS) is 12.7. The summed E-state index contributed by atoms with van der Waals surface area (Å²) >= 11 is 4.86. The molecule has 0 aliphatic carbocycles. The van der Waals surface area contributed by atoms with Crippen LogP contribution in [-0.2, 0) is 0 Å². The zero-order valence-electron chi connectivity index (χ0n) is 19.9. The molecule has 10 aromatic rings. The molecule has 10 rings (SSSR count). The molecule has 176 valence electrons. The van der Waals surface area contributed by atoms with E-state index in [1.165, 1.54) is 92.0 Å². The monoisotopic (exact) mass is 648 g/mol. The number of thiophene rings is 2. The Morgan fingerprint density at radius 2 is 0.789 bits per heavy atom. The number of hydrogen-bond acceptors (Lipinski definition) is 2. The van der Waals surface area contributed by atoms with Crippen molar-refractivity contribution >= 4 is 144 Å². The van der Waals surface area contributed by atoms with Crippen molar-refractivity contribution in [2.45, 2.75) is 0 Å². The van der Waals surface area contributed by atoms with Crippen LogP contribution in [0.5, 0.6) is 0 Å². The molecule has 0 spiro atoms. The molecule has 0 radical (unpaired) electrons. The first-order valence-corrected chi connectivity index (χ1v) is 18.0. The molecule has 0 amide bonds. The van der Waals surface area contributed by atoms with E-state index in [2.05, 4.69) is 94.8 Å². The zero-order chi connectivity index (χ0) is 24.5. The zero-order valence-corrected chi connectivity index (χ0v) is 24.9. The second-order valence-corrected chi connectivity index (χ2v) is 16.3. The summed E-state index contributed by atoms with van der Waals surface area (Å²) in [6.45, 7) is 0. The van der Waals surface area contributed by atoms with Crippen LogP contribution in [-0.4, -0.2) is 29.0 Å². The molecule has 4 heteroatoms. The summed E-state index contributed by atoms with van der Waals surface area (Å²) in [5, 5.41) is 16.6. The molecular weight excluding hydrogens is 630 g/mol. The van der Waals surface area contributed by atoms with Crippen molar-refractivity contribution in [3.63, 3.8) is 0 Å². The quantitative estimate of drug-likeness (QED) is 0.144. The van der Waals surface area contributed by atoms with Crippen LogP contribution in [0.15, 0.2) is 94.8 Å². The first-order chi connectivity index (χ1) is 18.8. The van der Waals surface area contributed by atoms with E-state index < -0.39 is 0 Å². The molecule has 4 heterocycles. The van der Waals surface area contributed by atoms with Gasteiger partial charge in [-0.3, -0.25) is 0 Å². The van der Waals surface area contributed by atoms with E-state index in [-0.39, 0.29) is 0 Å². The second kappa shape index (κ2) is 7.37. The minimum absolute atomic E-state index is 0.477. The molecule has 38 heavy (non-hydrogen) atoms. The van der Waals surface area contributed by atoms with E-state index in [4.69, 9.17) is 0 Å².